The van der Waals surface area contributed by atoms with Gasteiger partial charge in [-0.1, -0.05) is 69.1 Å². The third kappa shape index (κ3) is 6.54. The van der Waals surface area contributed by atoms with Gasteiger partial charge in [0.15, 0.2) is 0 Å². The van der Waals surface area contributed by atoms with E-state index in [0.29, 0.717) is 23.2 Å². The molecule has 3 rings (SSSR count). The summed E-state index contributed by atoms with van der Waals surface area (Å²) in [6.07, 6.45) is 5.25. The van der Waals surface area contributed by atoms with Crippen LogP contribution in [0.15, 0.2) is 65.7 Å². The van der Waals surface area contributed by atoms with Crippen molar-refractivity contribution in [3.63, 3.8) is 0 Å². The van der Waals surface area contributed by atoms with Gasteiger partial charge < -0.3 is 8.75 Å². The number of carbonyl (C=O) groups excluding carboxylic acids is 1. The molecule has 1 unspecified atom stereocenters. The molecule has 0 saturated heterocycles. The standard InChI is InChI=1S/C19H15BrCl2N2O2S2/c20-14-3-1-13(2-4-14)11-26-28-19(25)27-18(10-24-8-7-23-12-24)16-6-5-15(21)9-17(16)22/h1-9,12,18H,10-11H2. The topological polar surface area (TPSA) is 44.1 Å². The molecule has 0 bridgehead atoms. The molecule has 0 N–H and O–H groups in total. The first-order chi connectivity index (χ1) is 13.5. The van der Waals surface area contributed by atoms with Gasteiger partial charge in [0, 0.05) is 33.5 Å². The maximum Gasteiger partial charge on any atom is 0.273 e. The van der Waals surface area contributed by atoms with Crippen molar-refractivity contribution in [3.05, 3.63) is 86.8 Å². The van der Waals surface area contributed by atoms with Crippen LogP contribution >= 0.6 is 62.9 Å². The molecule has 0 aliphatic rings. The molecule has 0 fully saturated rings. The van der Waals surface area contributed by atoms with Gasteiger partial charge in [0.2, 0.25) is 0 Å². The van der Waals surface area contributed by atoms with Gasteiger partial charge in [-0.15, -0.1) is 0 Å². The molecule has 0 saturated carbocycles. The van der Waals surface area contributed by atoms with E-state index in [1.807, 2.05) is 41.1 Å². The van der Waals surface area contributed by atoms with Crippen LogP contribution in [0.5, 0.6) is 0 Å². The smallest absolute Gasteiger partial charge is 0.273 e. The minimum absolute atomic E-state index is 0.145. The zero-order valence-electron chi connectivity index (χ0n) is 14.4. The number of hydrogen-bond donors (Lipinski definition) is 0. The monoisotopic (exact) mass is 516 g/mol. The maximum absolute atomic E-state index is 12.5. The summed E-state index contributed by atoms with van der Waals surface area (Å²) < 4.78 is 8.26. The Labute approximate surface area is 190 Å². The number of hydrogen-bond acceptors (Lipinski definition) is 5. The number of aromatic nitrogens is 2. The Bertz CT molecular complexity index is 924. The lowest BCUT2D eigenvalue weighted by Gasteiger charge is -2.18. The third-order valence-electron chi connectivity index (χ3n) is 3.75. The van der Waals surface area contributed by atoms with E-state index in [2.05, 4.69) is 20.9 Å². The van der Waals surface area contributed by atoms with Crippen LogP contribution in [-0.2, 0) is 17.3 Å². The van der Waals surface area contributed by atoms with Crippen molar-refractivity contribution in [3.8, 4) is 0 Å². The van der Waals surface area contributed by atoms with Crippen molar-refractivity contribution in [2.45, 2.75) is 18.4 Å². The molecule has 0 radical (unpaired) electrons. The van der Waals surface area contributed by atoms with Gasteiger partial charge in [0.05, 0.1) is 30.2 Å². The summed E-state index contributed by atoms with van der Waals surface area (Å²) in [4.78, 5) is 16.5. The van der Waals surface area contributed by atoms with E-state index in [1.165, 1.54) is 11.8 Å². The summed E-state index contributed by atoms with van der Waals surface area (Å²) >= 11 is 17.8. The highest BCUT2D eigenvalue weighted by Crippen LogP contribution is 2.39. The van der Waals surface area contributed by atoms with Crippen LogP contribution in [0.25, 0.3) is 0 Å². The van der Waals surface area contributed by atoms with Gasteiger partial charge in [0.1, 0.15) is 0 Å². The largest absolute Gasteiger partial charge is 0.336 e. The normalized spacial score (nSPS) is 12.1. The minimum Gasteiger partial charge on any atom is -0.336 e. The van der Waals surface area contributed by atoms with Crippen LogP contribution in [0.3, 0.4) is 0 Å². The van der Waals surface area contributed by atoms with E-state index in [1.54, 1.807) is 24.7 Å². The van der Waals surface area contributed by atoms with Gasteiger partial charge in [-0.2, -0.15) is 0 Å². The highest BCUT2D eigenvalue weighted by atomic mass is 79.9. The molecule has 2 aromatic carbocycles. The van der Waals surface area contributed by atoms with E-state index in [9.17, 15) is 4.79 Å². The average Bonchev–Trinajstić information content (AvgIpc) is 3.16. The second-order valence-corrected chi connectivity index (χ2v) is 9.72. The molecule has 0 amide bonds. The van der Waals surface area contributed by atoms with E-state index in [0.717, 1.165) is 27.6 Å². The van der Waals surface area contributed by atoms with E-state index in [-0.39, 0.29) is 9.70 Å². The number of carbonyl (C=O) groups is 1. The molecular formula is C19H15BrCl2N2O2S2. The molecule has 146 valence electrons. The van der Waals surface area contributed by atoms with Crippen molar-refractivity contribution >= 4 is 67.4 Å². The van der Waals surface area contributed by atoms with Crippen LogP contribution < -0.4 is 0 Å². The van der Waals surface area contributed by atoms with Gasteiger partial charge >= 0.3 is 0 Å². The fourth-order valence-corrected chi connectivity index (χ4v) is 5.03. The number of imidazole rings is 1. The first-order valence-electron chi connectivity index (χ1n) is 8.16. The van der Waals surface area contributed by atoms with E-state index >= 15 is 0 Å². The lowest BCUT2D eigenvalue weighted by Crippen LogP contribution is -2.07. The molecule has 0 spiro atoms. The number of benzene rings is 2. The second-order valence-electron chi connectivity index (χ2n) is 5.75. The number of halogens is 3. The van der Waals surface area contributed by atoms with Crippen LogP contribution in [0.4, 0.5) is 4.79 Å². The van der Waals surface area contributed by atoms with Crippen molar-refractivity contribution in [1.82, 2.24) is 9.55 Å². The highest BCUT2D eigenvalue weighted by Gasteiger charge is 2.21. The molecule has 0 aliphatic heterocycles. The molecule has 1 atom stereocenters. The summed E-state index contributed by atoms with van der Waals surface area (Å²) in [5.41, 5.74) is 1.83. The fraction of sp³-hybridized carbons (Fsp3) is 0.158. The van der Waals surface area contributed by atoms with Crippen molar-refractivity contribution in [2.24, 2.45) is 0 Å². The SMILES string of the molecule is O=C(SOCc1ccc(Br)cc1)SC(Cn1ccnc1)c1ccc(Cl)cc1Cl. The quantitative estimate of drug-likeness (QED) is 0.305. The predicted molar refractivity (Wildman–Crippen MR) is 121 cm³/mol. The molecule has 1 aromatic heterocycles. The highest BCUT2D eigenvalue weighted by molar-refractivity contribution is 9.10. The van der Waals surface area contributed by atoms with Crippen LogP contribution in [0.2, 0.25) is 10.0 Å². The summed E-state index contributed by atoms with van der Waals surface area (Å²) in [7, 11) is 0. The summed E-state index contributed by atoms with van der Waals surface area (Å²) in [5.74, 6) is 0. The van der Waals surface area contributed by atoms with Crippen molar-refractivity contribution in [1.29, 1.82) is 0 Å². The fourth-order valence-electron chi connectivity index (χ4n) is 2.41. The lowest BCUT2D eigenvalue weighted by atomic mass is 10.1. The van der Waals surface area contributed by atoms with E-state index < -0.39 is 0 Å². The van der Waals surface area contributed by atoms with Crippen LogP contribution in [-0.4, -0.2) is 14.0 Å². The first kappa shape index (κ1) is 21.7. The number of rotatable bonds is 7. The van der Waals surface area contributed by atoms with E-state index in [4.69, 9.17) is 27.4 Å². The average molecular weight is 518 g/mol. The lowest BCUT2D eigenvalue weighted by molar-refractivity contribution is 0.273. The first-order valence-corrected chi connectivity index (χ1v) is 11.3. The molecule has 0 aliphatic carbocycles. The Kier molecular flexibility index (Phi) is 8.32. The predicted octanol–water partition coefficient (Wildman–Crippen LogP) is 7.41. The number of nitrogens with zero attached hydrogens (tertiary/aromatic N) is 2. The molecule has 1 heterocycles. The maximum atomic E-state index is 12.5. The second kappa shape index (κ2) is 10.7. The van der Waals surface area contributed by atoms with Gasteiger partial charge in [-0.05, 0) is 35.4 Å². The molecule has 4 nitrogen and oxygen atoms in total. The molecule has 28 heavy (non-hydrogen) atoms. The Hall–Kier alpha value is -0.960. The molecular weight excluding hydrogens is 503 g/mol. The molecule has 9 heteroatoms. The zero-order valence-corrected chi connectivity index (χ0v) is 19.2. The van der Waals surface area contributed by atoms with Crippen molar-refractivity contribution in [2.75, 3.05) is 0 Å². The third-order valence-corrected chi connectivity index (χ3v) is 6.59. The van der Waals surface area contributed by atoms with Crippen LogP contribution in [0.1, 0.15) is 16.4 Å². The van der Waals surface area contributed by atoms with Gasteiger partial charge in [-0.25, -0.2) is 4.98 Å². The molecule has 3 aromatic rings. The Balaban J connectivity index is 1.63. The van der Waals surface area contributed by atoms with Crippen molar-refractivity contribution < 1.29 is 8.98 Å². The summed E-state index contributed by atoms with van der Waals surface area (Å²) in [6, 6.07) is 13.1. The Morgan fingerprint density at radius 3 is 2.68 bits per heavy atom. The van der Waals surface area contributed by atoms with Gasteiger partial charge in [-0.3, -0.25) is 4.79 Å². The minimum atomic E-state index is -0.199. The zero-order chi connectivity index (χ0) is 19.9. The summed E-state index contributed by atoms with van der Waals surface area (Å²) in [5, 5.41) is 0.882. The van der Waals surface area contributed by atoms with Crippen LogP contribution in [0, 0.1) is 0 Å². The Morgan fingerprint density at radius 2 is 2.00 bits per heavy atom. The van der Waals surface area contributed by atoms with Gasteiger partial charge in [0.25, 0.3) is 4.45 Å². The Morgan fingerprint density at radius 1 is 1.21 bits per heavy atom. The summed E-state index contributed by atoms with van der Waals surface area (Å²) in [6.45, 7) is 0.892. The number of thioether (sulfide) groups is 1.